The minimum absolute atomic E-state index is 0. The van der Waals surface area contributed by atoms with Crippen LogP contribution < -0.4 is 5.32 Å². The Morgan fingerprint density at radius 2 is 2.00 bits per heavy atom. The Morgan fingerprint density at radius 1 is 1.25 bits per heavy atom. The van der Waals surface area contributed by atoms with Gasteiger partial charge in [0.15, 0.2) is 4.96 Å². The lowest BCUT2D eigenvalue weighted by molar-refractivity contribution is 0.624. The van der Waals surface area contributed by atoms with Crippen LogP contribution in [0.3, 0.4) is 0 Å². The Labute approximate surface area is 126 Å². The molecule has 3 nitrogen and oxygen atoms in total. The molecule has 20 heavy (non-hydrogen) atoms. The molecule has 0 aliphatic rings. The van der Waals surface area contributed by atoms with Gasteiger partial charge in [-0.3, -0.25) is 4.40 Å². The minimum Gasteiger partial charge on any atom is -0.307 e. The number of imidazole rings is 1. The van der Waals surface area contributed by atoms with Crippen LogP contribution in [0.1, 0.15) is 17.0 Å². The fourth-order valence-corrected chi connectivity index (χ4v) is 2.86. The Bertz CT molecular complexity index is 690. The Morgan fingerprint density at radius 3 is 2.75 bits per heavy atom. The third-order valence-electron chi connectivity index (χ3n) is 3.10. The second kappa shape index (κ2) is 6.35. The normalized spacial score (nSPS) is 10.7. The van der Waals surface area contributed by atoms with E-state index in [1.807, 2.05) is 18.5 Å². The third kappa shape index (κ3) is 3.00. The zero-order chi connectivity index (χ0) is 13.2. The van der Waals surface area contributed by atoms with Crippen molar-refractivity contribution in [2.45, 2.75) is 20.0 Å². The molecule has 0 aliphatic heterocycles. The van der Waals surface area contributed by atoms with Gasteiger partial charge in [-0.15, -0.1) is 23.7 Å². The molecule has 0 amide bonds. The van der Waals surface area contributed by atoms with E-state index in [-0.39, 0.29) is 18.2 Å². The van der Waals surface area contributed by atoms with Crippen molar-refractivity contribution in [3.63, 3.8) is 0 Å². The van der Waals surface area contributed by atoms with E-state index in [9.17, 15) is 4.39 Å². The average molecular weight is 312 g/mol. The highest BCUT2D eigenvalue weighted by molar-refractivity contribution is 7.15. The lowest BCUT2D eigenvalue weighted by Gasteiger charge is -2.05. The molecule has 106 valence electrons. The molecule has 0 bridgehead atoms. The molecule has 3 rings (SSSR count). The van der Waals surface area contributed by atoms with Crippen LogP contribution in [0.2, 0.25) is 0 Å². The molecule has 1 N–H and O–H groups in total. The summed E-state index contributed by atoms with van der Waals surface area (Å²) >= 11 is 1.64. The molecule has 0 atom stereocenters. The summed E-state index contributed by atoms with van der Waals surface area (Å²) in [6.45, 7) is 3.49. The molecule has 3 aromatic rings. The van der Waals surface area contributed by atoms with Crippen LogP contribution in [-0.4, -0.2) is 9.38 Å². The molecule has 1 aromatic carbocycles. The number of hydrogen-bond acceptors (Lipinski definition) is 3. The maximum atomic E-state index is 12.8. The summed E-state index contributed by atoms with van der Waals surface area (Å²) < 4.78 is 14.9. The van der Waals surface area contributed by atoms with Gasteiger partial charge < -0.3 is 5.32 Å². The number of nitrogens with one attached hydrogen (secondary N) is 1. The van der Waals surface area contributed by atoms with Gasteiger partial charge in [0.1, 0.15) is 5.82 Å². The lowest BCUT2D eigenvalue weighted by atomic mass is 10.2. The molecule has 0 radical (unpaired) electrons. The van der Waals surface area contributed by atoms with E-state index in [0.717, 1.165) is 29.3 Å². The summed E-state index contributed by atoms with van der Waals surface area (Å²) in [6, 6.07) is 6.56. The zero-order valence-electron chi connectivity index (χ0n) is 11.0. The van der Waals surface area contributed by atoms with Crippen molar-refractivity contribution in [2.24, 2.45) is 0 Å². The highest BCUT2D eigenvalue weighted by Crippen LogP contribution is 2.16. The topological polar surface area (TPSA) is 29.3 Å². The van der Waals surface area contributed by atoms with Crippen molar-refractivity contribution in [2.75, 3.05) is 0 Å². The second-order valence-electron chi connectivity index (χ2n) is 4.43. The quantitative estimate of drug-likeness (QED) is 0.798. The van der Waals surface area contributed by atoms with Gasteiger partial charge in [-0.05, 0) is 24.6 Å². The van der Waals surface area contributed by atoms with Gasteiger partial charge in [0, 0.05) is 24.7 Å². The minimum atomic E-state index is -0.199. The van der Waals surface area contributed by atoms with Gasteiger partial charge in [0.05, 0.1) is 11.4 Å². The molecule has 0 aliphatic carbocycles. The van der Waals surface area contributed by atoms with Gasteiger partial charge in [0.25, 0.3) is 0 Å². The Kier molecular flexibility index (Phi) is 4.75. The van der Waals surface area contributed by atoms with E-state index in [0.29, 0.717) is 0 Å². The first kappa shape index (κ1) is 15.0. The van der Waals surface area contributed by atoms with Crippen LogP contribution >= 0.6 is 23.7 Å². The molecule has 2 heterocycles. The molecule has 0 saturated carbocycles. The van der Waals surface area contributed by atoms with Gasteiger partial charge >= 0.3 is 0 Å². The van der Waals surface area contributed by atoms with Gasteiger partial charge in [0.2, 0.25) is 0 Å². The van der Waals surface area contributed by atoms with Gasteiger partial charge in [-0.2, -0.15) is 0 Å². The molecule has 6 heteroatoms. The summed E-state index contributed by atoms with van der Waals surface area (Å²) in [5, 5.41) is 5.40. The number of fused-ring (bicyclic) bond motifs is 1. The van der Waals surface area contributed by atoms with Crippen LogP contribution in [0.4, 0.5) is 4.39 Å². The molecular formula is C14H15ClFN3S. The van der Waals surface area contributed by atoms with Crippen LogP contribution in [0.5, 0.6) is 0 Å². The molecule has 2 aromatic heterocycles. The predicted octanol–water partition coefficient (Wildman–Crippen LogP) is 3.55. The molecule has 0 fully saturated rings. The van der Waals surface area contributed by atoms with E-state index in [2.05, 4.69) is 14.7 Å². The highest BCUT2D eigenvalue weighted by atomic mass is 35.5. The van der Waals surface area contributed by atoms with Crippen molar-refractivity contribution in [3.8, 4) is 0 Å². The van der Waals surface area contributed by atoms with Crippen molar-refractivity contribution >= 4 is 28.7 Å². The molecule has 0 unspecified atom stereocenters. The second-order valence-corrected chi connectivity index (χ2v) is 5.30. The van der Waals surface area contributed by atoms with E-state index in [4.69, 9.17) is 0 Å². The molecule has 0 spiro atoms. The van der Waals surface area contributed by atoms with E-state index in [1.54, 1.807) is 23.5 Å². The van der Waals surface area contributed by atoms with E-state index in [1.165, 1.54) is 17.8 Å². The maximum Gasteiger partial charge on any atom is 0.194 e. The monoisotopic (exact) mass is 311 g/mol. The summed E-state index contributed by atoms with van der Waals surface area (Å²) in [6.07, 6.45) is 2.04. The summed E-state index contributed by atoms with van der Waals surface area (Å²) in [5.74, 6) is -0.199. The lowest BCUT2D eigenvalue weighted by Crippen LogP contribution is -2.14. The van der Waals surface area contributed by atoms with Crippen LogP contribution in [0, 0.1) is 12.7 Å². The largest absolute Gasteiger partial charge is 0.307 e. The van der Waals surface area contributed by atoms with Crippen molar-refractivity contribution < 1.29 is 4.39 Å². The maximum absolute atomic E-state index is 12.8. The number of aromatic nitrogens is 2. The predicted molar refractivity (Wildman–Crippen MR) is 82.0 cm³/mol. The first-order valence-electron chi connectivity index (χ1n) is 6.10. The number of hydrogen-bond donors (Lipinski definition) is 1. The zero-order valence-corrected chi connectivity index (χ0v) is 12.6. The average Bonchev–Trinajstić information content (AvgIpc) is 2.94. The number of benzene rings is 1. The van der Waals surface area contributed by atoms with Crippen molar-refractivity contribution in [3.05, 3.63) is 58.6 Å². The smallest absolute Gasteiger partial charge is 0.194 e. The van der Waals surface area contributed by atoms with Crippen LogP contribution in [0.15, 0.2) is 35.8 Å². The molecular weight excluding hydrogens is 297 g/mol. The fourth-order valence-electron chi connectivity index (χ4n) is 2.08. The van der Waals surface area contributed by atoms with Crippen molar-refractivity contribution in [1.82, 2.24) is 14.7 Å². The van der Waals surface area contributed by atoms with Gasteiger partial charge in [-0.25, -0.2) is 9.37 Å². The van der Waals surface area contributed by atoms with Crippen LogP contribution in [-0.2, 0) is 13.1 Å². The molecule has 0 saturated heterocycles. The number of rotatable bonds is 4. The summed E-state index contributed by atoms with van der Waals surface area (Å²) in [5.41, 5.74) is 3.31. The van der Waals surface area contributed by atoms with E-state index < -0.39 is 0 Å². The third-order valence-corrected chi connectivity index (χ3v) is 3.85. The number of thiazole rings is 1. The van der Waals surface area contributed by atoms with E-state index >= 15 is 0 Å². The van der Waals surface area contributed by atoms with Crippen LogP contribution in [0.25, 0.3) is 4.96 Å². The summed E-state index contributed by atoms with van der Waals surface area (Å²) in [4.78, 5) is 5.53. The van der Waals surface area contributed by atoms with Crippen molar-refractivity contribution in [1.29, 1.82) is 0 Å². The Balaban J connectivity index is 0.00000147. The summed E-state index contributed by atoms with van der Waals surface area (Å²) in [7, 11) is 0. The SMILES string of the molecule is Cc1nc2sccn2c1CNCc1ccc(F)cc1.Cl. The highest BCUT2D eigenvalue weighted by Gasteiger charge is 2.08. The van der Waals surface area contributed by atoms with Gasteiger partial charge in [-0.1, -0.05) is 12.1 Å². The first-order chi connectivity index (χ1) is 9.24. The first-order valence-corrected chi connectivity index (χ1v) is 6.98. The standard InChI is InChI=1S/C14H14FN3S.ClH/c1-10-13(18-6-7-19-14(18)17-10)9-16-8-11-2-4-12(15)5-3-11;/h2-7,16H,8-9H2,1H3;1H. The Hall–Kier alpha value is -1.43. The fraction of sp³-hybridized carbons (Fsp3) is 0.214. The number of halogens is 2. The number of aryl methyl sites for hydroxylation is 1. The number of nitrogens with zero attached hydrogens (tertiary/aromatic N) is 2.